The van der Waals surface area contributed by atoms with Crippen molar-refractivity contribution >= 4 is 5.69 Å². The van der Waals surface area contributed by atoms with E-state index in [0.29, 0.717) is 6.73 Å². The number of anilines is 1. The van der Waals surface area contributed by atoms with Gasteiger partial charge in [0, 0.05) is 11.3 Å². The first-order chi connectivity index (χ1) is 9.50. The van der Waals surface area contributed by atoms with Crippen molar-refractivity contribution < 1.29 is 4.74 Å². The molecule has 2 nitrogen and oxygen atoms in total. The Bertz CT molecular complexity index is 631. The summed E-state index contributed by atoms with van der Waals surface area (Å²) in [5.41, 5.74) is 4.90. The van der Waals surface area contributed by atoms with Crippen molar-refractivity contribution in [3.05, 3.63) is 59.2 Å². The minimum absolute atomic E-state index is 0.0777. The lowest BCUT2D eigenvalue weighted by Crippen LogP contribution is -2.47. The molecule has 0 N–H and O–H groups in total. The van der Waals surface area contributed by atoms with E-state index in [1.807, 2.05) is 6.07 Å². The molecule has 104 valence electrons. The molecule has 0 aliphatic carbocycles. The van der Waals surface area contributed by atoms with Gasteiger partial charge in [-0.2, -0.15) is 0 Å². The van der Waals surface area contributed by atoms with Crippen LogP contribution in [0.2, 0.25) is 0 Å². The number of aryl methyl sites for hydroxylation is 2. The predicted molar refractivity (Wildman–Crippen MR) is 83.4 cm³/mol. The van der Waals surface area contributed by atoms with Gasteiger partial charge in [0.25, 0.3) is 0 Å². The van der Waals surface area contributed by atoms with Crippen LogP contribution < -0.4 is 9.64 Å². The molecule has 1 aliphatic heterocycles. The van der Waals surface area contributed by atoms with E-state index in [2.05, 4.69) is 69.0 Å². The normalized spacial score (nSPS) is 16.5. The monoisotopic (exact) mass is 267 g/mol. The van der Waals surface area contributed by atoms with E-state index in [1.54, 1.807) is 0 Å². The van der Waals surface area contributed by atoms with E-state index in [1.165, 1.54) is 22.4 Å². The van der Waals surface area contributed by atoms with Crippen LogP contribution in [0, 0.1) is 13.8 Å². The number of para-hydroxylation sites is 1. The maximum atomic E-state index is 6.04. The zero-order chi connectivity index (χ0) is 14.3. The number of rotatable bonds is 1. The van der Waals surface area contributed by atoms with Crippen LogP contribution in [0.25, 0.3) is 0 Å². The molecule has 1 heterocycles. The molecule has 1 aliphatic rings. The van der Waals surface area contributed by atoms with Gasteiger partial charge in [0.15, 0.2) is 6.73 Å². The Labute approximate surface area is 121 Å². The molecule has 0 atom stereocenters. The van der Waals surface area contributed by atoms with E-state index >= 15 is 0 Å². The second-order valence-corrected chi connectivity index (χ2v) is 6.05. The lowest BCUT2D eigenvalue weighted by molar-refractivity contribution is 0.234. The summed E-state index contributed by atoms with van der Waals surface area (Å²) in [6.45, 7) is 9.39. The van der Waals surface area contributed by atoms with Crippen molar-refractivity contribution in [3.8, 4) is 5.75 Å². The standard InChI is InChI=1S/C18H21NO/c1-13-10-14(2)17-16(11-13)18(3,4)19(12-20-17)15-8-6-5-7-9-15/h5-11H,12H2,1-4H3. The maximum Gasteiger partial charge on any atom is 0.162 e. The molecule has 3 rings (SSSR count). The number of hydrogen-bond donors (Lipinski definition) is 0. The largest absolute Gasteiger partial charge is 0.472 e. The van der Waals surface area contributed by atoms with Crippen LogP contribution in [0.1, 0.15) is 30.5 Å². The molecule has 0 unspecified atom stereocenters. The summed E-state index contributed by atoms with van der Waals surface area (Å²) in [4.78, 5) is 2.31. The molecule has 0 fully saturated rings. The Morgan fingerprint density at radius 2 is 1.75 bits per heavy atom. The first-order valence-corrected chi connectivity index (χ1v) is 7.07. The van der Waals surface area contributed by atoms with Gasteiger partial charge in [-0.1, -0.05) is 35.9 Å². The second-order valence-electron chi connectivity index (χ2n) is 6.05. The summed E-state index contributed by atoms with van der Waals surface area (Å²) in [6.07, 6.45) is 0. The number of benzene rings is 2. The second kappa shape index (κ2) is 4.55. The van der Waals surface area contributed by atoms with Gasteiger partial charge < -0.3 is 9.64 Å². The quantitative estimate of drug-likeness (QED) is 0.759. The number of fused-ring (bicyclic) bond motifs is 1. The molecule has 2 aromatic carbocycles. The molecule has 2 heteroatoms. The van der Waals surface area contributed by atoms with Crippen molar-refractivity contribution in [3.63, 3.8) is 0 Å². The molecular formula is C18H21NO. The summed E-state index contributed by atoms with van der Waals surface area (Å²) < 4.78 is 6.04. The number of hydrogen-bond acceptors (Lipinski definition) is 2. The summed E-state index contributed by atoms with van der Waals surface area (Å²) in [5.74, 6) is 1.05. The predicted octanol–water partition coefficient (Wildman–Crippen LogP) is 4.40. The summed E-state index contributed by atoms with van der Waals surface area (Å²) in [6, 6.07) is 14.9. The fraction of sp³-hybridized carbons (Fsp3) is 0.333. The topological polar surface area (TPSA) is 12.5 Å². The number of nitrogens with zero attached hydrogens (tertiary/aromatic N) is 1. The Balaban J connectivity index is 2.12. The van der Waals surface area contributed by atoms with Crippen molar-refractivity contribution in [2.75, 3.05) is 11.6 Å². The van der Waals surface area contributed by atoms with Crippen LogP contribution in [0.4, 0.5) is 5.69 Å². The van der Waals surface area contributed by atoms with Crippen LogP contribution in [0.3, 0.4) is 0 Å². The summed E-state index contributed by atoms with van der Waals surface area (Å²) in [7, 11) is 0. The molecule has 0 bridgehead atoms. The lowest BCUT2D eigenvalue weighted by atomic mass is 9.87. The van der Waals surface area contributed by atoms with Gasteiger partial charge in [-0.3, -0.25) is 0 Å². The van der Waals surface area contributed by atoms with Crippen LogP contribution in [0.15, 0.2) is 42.5 Å². The van der Waals surface area contributed by atoms with Crippen molar-refractivity contribution in [2.45, 2.75) is 33.2 Å². The molecule has 0 saturated carbocycles. The van der Waals surface area contributed by atoms with E-state index in [9.17, 15) is 0 Å². The van der Waals surface area contributed by atoms with Gasteiger partial charge in [-0.05, 0) is 45.4 Å². The molecule has 0 radical (unpaired) electrons. The Hall–Kier alpha value is -1.96. The molecule has 2 aromatic rings. The highest BCUT2D eigenvalue weighted by Gasteiger charge is 2.36. The summed E-state index contributed by atoms with van der Waals surface area (Å²) >= 11 is 0. The van der Waals surface area contributed by atoms with Crippen molar-refractivity contribution in [1.82, 2.24) is 0 Å². The van der Waals surface area contributed by atoms with Crippen molar-refractivity contribution in [1.29, 1.82) is 0 Å². The Kier molecular flexibility index (Phi) is 2.97. The van der Waals surface area contributed by atoms with Gasteiger partial charge >= 0.3 is 0 Å². The van der Waals surface area contributed by atoms with E-state index < -0.39 is 0 Å². The van der Waals surface area contributed by atoms with E-state index in [-0.39, 0.29) is 5.54 Å². The first-order valence-electron chi connectivity index (χ1n) is 7.07. The van der Waals surface area contributed by atoms with E-state index in [4.69, 9.17) is 4.74 Å². The molecule has 0 saturated heterocycles. The third-order valence-corrected chi connectivity index (χ3v) is 4.16. The van der Waals surface area contributed by atoms with Crippen LogP contribution >= 0.6 is 0 Å². The fourth-order valence-corrected chi connectivity index (χ4v) is 3.04. The van der Waals surface area contributed by atoms with Crippen LogP contribution in [-0.2, 0) is 5.54 Å². The average Bonchev–Trinajstić information content (AvgIpc) is 2.40. The minimum Gasteiger partial charge on any atom is -0.472 e. The van der Waals surface area contributed by atoms with Gasteiger partial charge in [-0.25, -0.2) is 0 Å². The third kappa shape index (κ3) is 1.96. The minimum atomic E-state index is -0.0777. The Morgan fingerprint density at radius 3 is 2.45 bits per heavy atom. The summed E-state index contributed by atoms with van der Waals surface area (Å²) in [5, 5.41) is 0. The number of ether oxygens (including phenoxy) is 1. The van der Waals surface area contributed by atoms with Gasteiger partial charge in [0.05, 0.1) is 5.54 Å². The molecule has 0 amide bonds. The van der Waals surface area contributed by atoms with Gasteiger partial charge in [-0.15, -0.1) is 0 Å². The van der Waals surface area contributed by atoms with Gasteiger partial charge in [0.2, 0.25) is 0 Å². The zero-order valence-electron chi connectivity index (χ0n) is 12.6. The average molecular weight is 267 g/mol. The highest BCUT2D eigenvalue weighted by Crippen LogP contribution is 2.42. The van der Waals surface area contributed by atoms with Gasteiger partial charge in [0.1, 0.15) is 5.75 Å². The van der Waals surface area contributed by atoms with Crippen molar-refractivity contribution in [2.24, 2.45) is 0 Å². The smallest absolute Gasteiger partial charge is 0.162 e. The highest BCUT2D eigenvalue weighted by atomic mass is 16.5. The maximum absolute atomic E-state index is 6.04. The third-order valence-electron chi connectivity index (χ3n) is 4.16. The van der Waals surface area contributed by atoms with Crippen LogP contribution in [-0.4, -0.2) is 6.73 Å². The lowest BCUT2D eigenvalue weighted by Gasteiger charge is -2.45. The fourth-order valence-electron chi connectivity index (χ4n) is 3.04. The SMILES string of the molecule is Cc1cc(C)c2c(c1)C(C)(C)N(c1ccccc1)CO2. The van der Waals surface area contributed by atoms with E-state index in [0.717, 1.165) is 5.75 Å². The highest BCUT2D eigenvalue weighted by molar-refractivity contribution is 5.57. The van der Waals surface area contributed by atoms with Crippen LogP contribution in [0.5, 0.6) is 5.75 Å². The first kappa shape index (κ1) is 13.0. The molecule has 20 heavy (non-hydrogen) atoms. The molecule has 0 spiro atoms. The molecular weight excluding hydrogens is 246 g/mol. The molecule has 0 aromatic heterocycles. The Morgan fingerprint density at radius 1 is 1.05 bits per heavy atom. The zero-order valence-corrected chi connectivity index (χ0v) is 12.6.